The maximum Gasteiger partial charge on any atom is 0.272 e. The Hall–Kier alpha value is -2.09. The van der Waals surface area contributed by atoms with E-state index in [2.05, 4.69) is 10.3 Å². The highest BCUT2D eigenvalue weighted by Crippen LogP contribution is 2.08. The molecule has 1 rings (SSSR count). The third-order valence-corrected chi connectivity index (χ3v) is 2.17. The van der Waals surface area contributed by atoms with E-state index in [4.69, 9.17) is 5.26 Å². The van der Waals surface area contributed by atoms with Gasteiger partial charge >= 0.3 is 0 Å². The Kier molecular flexibility index (Phi) is 4.28. The summed E-state index contributed by atoms with van der Waals surface area (Å²) in [7, 11) is 3.44. The van der Waals surface area contributed by atoms with E-state index in [0.717, 1.165) is 5.69 Å². The highest BCUT2D eigenvalue weighted by atomic mass is 16.2. The summed E-state index contributed by atoms with van der Waals surface area (Å²) in [5.41, 5.74) is 1.22. The van der Waals surface area contributed by atoms with Crippen LogP contribution in [0.2, 0.25) is 0 Å². The van der Waals surface area contributed by atoms with Crippen molar-refractivity contribution in [2.45, 2.75) is 6.42 Å². The van der Waals surface area contributed by atoms with Gasteiger partial charge in [0.1, 0.15) is 5.69 Å². The molecular weight excluding hydrogens is 204 g/mol. The first-order valence-corrected chi connectivity index (χ1v) is 4.95. The van der Waals surface area contributed by atoms with Gasteiger partial charge in [0.05, 0.1) is 12.5 Å². The van der Waals surface area contributed by atoms with Crippen molar-refractivity contribution < 1.29 is 4.79 Å². The maximum absolute atomic E-state index is 11.8. The molecule has 0 aliphatic rings. The zero-order valence-corrected chi connectivity index (χ0v) is 9.40. The van der Waals surface area contributed by atoms with Crippen LogP contribution in [0.4, 0.5) is 5.69 Å². The summed E-state index contributed by atoms with van der Waals surface area (Å²) in [5, 5.41) is 11.4. The molecule has 5 nitrogen and oxygen atoms in total. The first-order chi connectivity index (χ1) is 7.69. The standard InChI is InChI=1S/C11H14N4O/c1-13-9-4-6-14-10(8-9)11(16)15(2)7-3-5-12/h4,6,8H,3,7H2,1-2H3,(H,13,14). The number of hydrogen-bond donors (Lipinski definition) is 1. The number of carbonyl (C=O) groups excluding carboxylic acids is 1. The summed E-state index contributed by atoms with van der Waals surface area (Å²) < 4.78 is 0. The molecule has 0 unspecified atom stereocenters. The number of carbonyl (C=O) groups is 1. The Morgan fingerprint density at radius 3 is 3.06 bits per heavy atom. The minimum atomic E-state index is -0.174. The van der Waals surface area contributed by atoms with E-state index in [1.165, 1.54) is 4.90 Å². The molecule has 1 heterocycles. The normalized spacial score (nSPS) is 9.31. The van der Waals surface area contributed by atoms with E-state index in [1.54, 1.807) is 32.4 Å². The Morgan fingerprint density at radius 2 is 2.44 bits per heavy atom. The smallest absolute Gasteiger partial charge is 0.272 e. The molecule has 0 aliphatic carbocycles. The number of amides is 1. The monoisotopic (exact) mass is 218 g/mol. The Morgan fingerprint density at radius 1 is 1.69 bits per heavy atom. The predicted molar refractivity (Wildman–Crippen MR) is 61.0 cm³/mol. The second kappa shape index (κ2) is 5.71. The van der Waals surface area contributed by atoms with Crippen molar-refractivity contribution >= 4 is 11.6 Å². The fraction of sp³-hybridized carbons (Fsp3) is 0.364. The minimum absolute atomic E-state index is 0.174. The van der Waals surface area contributed by atoms with Crippen LogP contribution in [0, 0.1) is 11.3 Å². The van der Waals surface area contributed by atoms with E-state index >= 15 is 0 Å². The van der Waals surface area contributed by atoms with Crippen LogP contribution in [0.15, 0.2) is 18.3 Å². The molecule has 1 aromatic rings. The second-order valence-corrected chi connectivity index (χ2v) is 3.31. The van der Waals surface area contributed by atoms with Gasteiger partial charge in [0.15, 0.2) is 0 Å². The molecule has 0 spiro atoms. The van der Waals surface area contributed by atoms with Crippen LogP contribution in [-0.4, -0.2) is 36.4 Å². The van der Waals surface area contributed by atoms with Crippen molar-refractivity contribution in [3.05, 3.63) is 24.0 Å². The molecule has 0 fully saturated rings. The number of nitriles is 1. The van der Waals surface area contributed by atoms with Gasteiger partial charge in [-0.25, -0.2) is 0 Å². The number of aromatic nitrogens is 1. The number of hydrogen-bond acceptors (Lipinski definition) is 4. The molecule has 0 bridgehead atoms. The average molecular weight is 218 g/mol. The average Bonchev–Trinajstić information content (AvgIpc) is 2.35. The topological polar surface area (TPSA) is 69.0 Å². The van der Waals surface area contributed by atoms with E-state index < -0.39 is 0 Å². The number of rotatable bonds is 4. The molecule has 0 atom stereocenters. The first kappa shape index (κ1) is 12.0. The number of pyridine rings is 1. The van der Waals surface area contributed by atoms with Gasteiger partial charge in [-0.15, -0.1) is 0 Å². The fourth-order valence-electron chi connectivity index (χ4n) is 1.22. The van der Waals surface area contributed by atoms with E-state index in [9.17, 15) is 4.79 Å². The number of nitrogens with zero attached hydrogens (tertiary/aromatic N) is 3. The molecule has 0 aromatic carbocycles. The van der Waals surface area contributed by atoms with E-state index in [-0.39, 0.29) is 5.91 Å². The fourth-order valence-corrected chi connectivity index (χ4v) is 1.22. The van der Waals surface area contributed by atoms with Gasteiger partial charge in [0.2, 0.25) is 0 Å². The third kappa shape index (κ3) is 2.95. The first-order valence-electron chi connectivity index (χ1n) is 4.95. The summed E-state index contributed by atoms with van der Waals surface area (Å²) in [4.78, 5) is 17.3. The van der Waals surface area contributed by atoms with Crippen molar-refractivity contribution in [3.63, 3.8) is 0 Å². The summed E-state index contributed by atoms with van der Waals surface area (Å²) in [6, 6.07) is 5.47. The van der Waals surface area contributed by atoms with Crippen molar-refractivity contribution in [1.82, 2.24) is 9.88 Å². The van der Waals surface area contributed by atoms with E-state index in [1.807, 2.05) is 6.07 Å². The molecule has 0 radical (unpaired) electrons. The Balaban J connectivity index is 2.76. The molecule has 0 saturated heterocycles. The van der Waals surface area contributed by atoms with Gasteiger partial charge in [0.25, 0.3) is 5.91 Å². The lowest BCUT2D eigenvalue weighted by molar-refractivity contribution is 0.0792. The van der Waals surface area contributed by atoms with Crippen LogP contribution in [0.3, 0.4) is 0 Å². The quantitative estimate of drug-likeness (QED) is 0.821. The van der Waals surface area contributed by atoms with Crippen molar-refractivity contribution in [2.75, 3.05) is 26.0 Å². The zero-order chi connectivity index (χ0) is 12.0. The molecule has 1 N–H and O–H groups in total. The lowest BCUT2D eigenvalue weighted by atomic mass is 10.3. The molecule has 5 heteroatoms. The van der Waals surface area contributed by atoms with Crippen molar-refractivity contribution in [1.29, 1.82) is 5.26 Å². The largest absolute Gasteiger partial charge is 0.388 e. The molecule has 84 valence electrons. The summed E-state index contributed by atoms with van der Waals surface area (Å²) >= 11 is 0. The summed E-state index contributed by atoms with van der Waals surface area (Å²) in [6.45, 7) is 0.417. The molecular formula is C11H14N4O. The van der Waals surface area contributed by atoms with Crippen LogP contribution < -0.4 is 5.32 Å². The molecule has 1 aromatic heterocycles. The zero-order valence-electron chi connectivity index (χ0n) is 9.40. The molecule has 0 saturated carbocycles. The highest BCUT2D eigenvalue weighted by Gasteiger charge is 2.12. The third-order valence-electron chi connectivity index (χ3n) is 2.17. The van der Waals surface area contributed by atoms with Gasteiger partial charge in [-0.2, -0.15) is 5.26 Å². The van der Waals surface area contributed by atoms with Crippen molar-refractivity contribution in [2.24, 2.45) is 0 Å². The SMILES string of the molecule is CNc1ccnc(C(=O)N(C)CCC#N)c1. The predicted octanol–water partition coefficient (Wildman–Crippen LogP) is 1.11. The summed E-state index contributed by atoms with van der Waals surface area (Å²) in [5.74, 6) is -0.174. The molecule has 1 amide bonds. The number of nitrogens with one attached hydrogen (secondary N) is 1. The summed E-state index contributed by atoms with van der Waals surface area (Å²) in [6.07, 6.45) is 1.91. The van der Waals surface area contributed by atoms with Crippen LogP contribution in [0.25, 0.3) is 0 Å². The van der Waals surface area contributed by atoms with Gasteiger partial charge in [-0.1, -0.05) is 0 Å². The van der Waals surface area contributed by atoms with Gasteiger partial charge < -0.3 is 10.2 Å². The van der Waals surface area contributed by atoms with E-state index in [0.29, 0.717) is 18.7 Å². The Labute approximate surface area is 94.7 Å². The Bertz CT molecular complexity index is 411. The van der Waals surface area contributed by atoms with Crippen molar-refractivity contribution in [3.8, 4) is 6.07 Å². The lowest BCUT2D eigenvalue weighted by Gasteiger charge is -2.14. The van der Waals surface area contributed by atoms with Crippen LogP contribution in [0.1, 0.15) is 16.9 Å². The number of anilines is 1. The maximum atomic E-state index is 11.8. The minimum Gasteiger partial charge on any atom is -0.388 e. The van der Waals surface area contributed by atoms with Gasteiger partial charge in [-0.3, -0.25) is 9.78 Å². The van der Waals surface area contributed by atoms with Gasteiger partial charge in [-0.05, 0) is 12.1 Å². The molecule has 0 aliphatic heterocycles. The van der Waals surface area contributed by atoms with Gasteiger partial charge in [0, 0.05) is 32.5 Å². The lowest BCUT2D eigenvalue weighted by Crippen LogP contribution is -2.28. The van der Waals surface area contributed by atoms with Crippen LogP contribution in [0.5, 0.6) is 0 Å². The van der Waals surface area contributed by atoms with Crippen LogP contribution >= 0.6 is 0 Å². The second-order valence-electron chi connectivity index (χ2n) is 3.31. The van der Waals surface area contributed by atoms with Crippen LogP contribution in [-0.2, 0) is 0 Å². The highest BCUT2D eigenvalue weighted by molar-refractivity contribution is 5.92. The molecule has 16 heavy (non-hydrogen) atoms.